The fourth-order valence-electron chi connectivity index (χ4n) is 2.66. The number of nitrogens with zero attached hydrogens (tertiary/aromatic N) is 2. The summed E-state index contributed by atoms with van der Waals surface area (Å²) in [7, 11) is 2.02. The van der Waals surface area contributed by atoms with E-state index in [1.165, 1.54) is 0 Å². The fraction of sp³-hybridized carbons (Fsp3) is 0.833. The minimum atomic E-state index is -1.03. The molecular formula is C12H21N3O3. The third-order valence-corrected chi connectivity index (χ3v) is 4.00. The second kappa shape index (κ2) is 5.14. The lowest BCUT2D eigenvalue weighted by Gasteiger charge is -2.35. The molecule has 2 rings (SSSR count). The second-order valence-electron chi connectivity index (χ2n) is 5.31. The molecule has 1 aliphatic heterocycles. The number of carbonyl (C=O) groups is 2. The van der Waals surface area contributed by atoms with Gasteiger partial charge in [0.05, 0.1) is 0 Å². The van der Waals surface area contributed by atoms with Crippen LogP contribution in [0.15, 0.2) is 0 Å². The lowest BCUT2D eigenvalue weighted by atomic mass is 9.98. The summed E-state index contributed by atoms with van der Waals surface area (Å²) in [6, 6.07) is -0.229. The quantitative estimate of drug-likeness (QED) is 0.746. The van der Waals surface area contributed by atoms with Crippen molar-refractivity contribution in [3.8, 4) is 0 Å². The van der Waals surface area contributed by atoms with Crippen molar-refractivity contribution in [3.05, 3.63) is 0 Å². The van der Waals surface area contributed by atoms with E-state index in [2.05, 4.69) is 10.2 Å². The van der Waals surface area contributed by atoms with Gasteiger partial charge >= 0.3 is 12.0 Å². The van der Waals surface area contributed by atoms with Gasteiger partial charge in [-0.1, -0.05) is 12.8 Å². The number of urea groups is 1. The molecule has 1 saturated carbocycles. The fourth-order valence-corrected chi connectivity index (χ4v) is 2.66. The number of carboxylic acids is 1. The molecule has 0 aromatic carbocycles. The zero-order valence-corrected chi connectivity index (χ0v) is 10.8. The van der Waals surface area contributed by atoms with Crippen LogP contribution < -0.4 is 5.32 Å². The molecule has 6 heteroatoms. The van der Waals surface area contributed by atoms with Crippen LogP contribution in [0.3, 0.4) is 0 Å². The highest BCUT2D eigenvalue weighted by Gasteiger charge is 2.43. The number of aliphatic carboxylic acids is 1. The number of hydrogen-bond donors (Lipinski definition) is 2. The average molecular weight is 255 g/mol. The first kappa shape index (κ1) is 13.1. The molecular weight excluding hydrogens is 234 g/mol. The minimum Gasteiger partial charge on any atom is -0.480 e. The summed E-state index contributed by atoms with van der Waals surface area (Å²) in [5.41, 5.74) is -1.03. The monoisotopic (exact) mass is 255 g/mol. The second-order valence-corrected chi connectivity index (χ2v) is 5.31. The summed E-state index contributed by atoms with van der Waals surface area (Å²) < 4.78 is 0. The van der Waals surface area contributed by atoms with Crippen LogP contribution in [-0.4, -0.2) is 65.7 Å². The standard InChI is InChI=1S/C12H21N3O3/c1-14-6-8-15(9-7-14)11(18)13-12(10(16)17)4-2-3-5-12/h2-9H2,1H3,(H,13,18)(H,16,17). The van der Waals surface area contributed by atoms with Gasteiger partial charge in [-0.25, -0.2) is 9.59 Å². The van der Waals surface area contributed by atoms with Crippen molar-refractivity contribution in [1.29, 1.82) is 0 Å². The van der Waals surface area contributed by atoms with E-state index in [4.69, 9.17) is 0 Å². The molecule has 2 amide bonds. The predicted octanol–water partition coefficient (Wildman–Crippen LogP) is 0.341. The van der Waals surface area contributed by atoms with E-state index in [0.717, 1.165) is 25.9 Å². The Morgan fingerprint density at radius 1 is 1.11 bits per heavy atom. The molecule has 0 atom stereocenters. The summed E-state index contributed by atoms with van der Waals surface area (Å²) in [4.78, 5) is 27.3. The van der Waals surface area contributed by atoms with Crippen molar-refractivity contribution in [2.75, 3.05) is 33.2 Å². The van der Waals surface area contributed by atoms with Crippen LogP contribution in [0.5, 0.6) is 0 Å². The maximum Gasteiger partial charge on any atom is 0.329 e. The van der Waals surface area contributed by atoms with Gasteiger partial charge in [0.1, 0.15) is 5.54 Å². The zero-order valence-electron chi connectivity index (χ0n) is 10.8. The molecule has 0 unspecified atom stereocenters. The van der Waals surface area contributed by atoms with Crippen LogP contribution >= 0.6 is 0 Å². The molecule has 0 aromatic heterocycles. The van der Waals surface area contributed by atoms with Gasteiger partial charge in [-0.15, -0.1) is 0 Å². The third-order valence-electron chi connectivity index (χ3n) is 4.00. The molecule has 2 fully saturated rings. The van der Waals surface area contributed by atoms with E-state index < -0.39 is 11.5 Å². The number of rotatable bonds is 2. The van der Waals surface area contributed by atoms with E-state index in [1.54, 1.807) is 4.90 Å². The van der Waals surface area contributed by atoms with Crippen LogP contribution in [0, 0.1) is 0 Å². The summed E-state index contributed by atoms with van der Waals surface area (Å²) in [5.74, 6) is -0.900. The van der Waals surface area contributed by atoms with Gasteiger partial charge in [0.2, 0.25) is 0 Å². The summed E-state index contributed by atoms with van der Waals surface area (Å²) in [6.45, 7) is 3.01. The Balaban J connectivity index is 1.95. The Hall–Kier alpha value is -1.30. The zero-order chi connectivity index (χ0) is 13.2. The van der Waals surface area contributed by atoms with E-state index in [9.17, 15) is 14.7 Å². The molecule has 18 heavy (non-hydrogen) atoms. The first-order valence-corrected chi connectivity index (χ1v) is 6.52. The Labute approximate surface area is 107 Å². The van der Waals surface area contributed by atoms with Gasteiger partial charge in [-0.05, 0) is 19.9 Å². The maximum atomic E-state index is 12.1. The number of hydrogen-bond acceptors (Lipinski definition) is 3. The lowest BCUT2D eigenvalue weighted by molar-refractivity contribution is -0.144. The number of carboxylic acid groups (broad SMARTS) is 1. The Bertz CT molecular complexity index is 331. The van der Waals surface area contributed by atoms with Gasteiger partial charge in [-0.3, -0.25) is 0 Å². The van der Waals surface area contributed by atoms with Gasteiger partial charge in [-0.2, -0.15) is 0 Å². The summed E-state index contributed by atoms with van der Waals surface area (Å²) >= 11 is 0. The van der Waals surface area contributed by atoms with Gasteiger partial charge in [0, 0.05) is 26.2 Å². The highest BCUT2D eigenvalue weighted by molar-refractivity contribution is 5.86. The lowest BCUT2D eigenvalue weighted by Crippen LogP contribution is -2.59. The number of amides is 2. The molecule has 1 aliphatic carbocycles. The number of carbonyl (C=O) groups excluding carboxylic acids is 1. The number of piperazine rings is 1. The largest absolute Gasteiger partial charge is 0.480 e. The smallest absolute Gasteiger partial charge is 0.329 e. The highest BCUT2D eigenvalue weighted by atomic mass is 16.4. The van der Waals surface area contributed by atoms with Crippen LogP contribution in [0.1, 0.15) is 25.7 Å². The molecule has 1 saturated heterocycles. The van der Waals surface area contributed by atoms with Crippen molar-refractivity contribution in [2.24, 2.45) is 0 Å². The summed E-state index contributed by atoms with van der Waals surface area (Å²) in [6.07, 6.45) is 2.83. The van der Waals surface area contributed by atoms with E-state index in [0.29, 0.717) is 25.9 Å². The van der Waals surface area contributed by atoms with Crippen molar-refractivity contribution in [1.82, 2.24) is 15.1 Å². The normalized spacial score (nSPS) is 23.9. The molecule has 2 N–H and O–H groups in total. The first-order chi connectivity index (χ1) is 8.53. The van der Waals surface area contributed by atoms with E-state index >= 15 is 0 Å². The van der Waals surface area contributed by atoms with Gasteiger partial charge in [0.25, 0.3) is 0 Å². The number of likely N-dealkylation sites (N-methyl/N-ethyl adjacent to an activating group) is 1. The van der Waals surface area contributed by atoms with Crippen LogP contribution in [-0.2, 0) is 4.79 Å². The third kappa shape index (κ3) is 2.58. The number of nitrogens with one attached hydrogen (secondary N) is 1. The average Bonchev–Trinajstić information content (AvgIpc) is 2.79. The topological polar surface area (TPSA) is 72.9 Å². The molecule has 0 spiro atoms. The van der Waals surface area contributed by atoms with Crippen molar-refractivity contribution < 1.29 is 14.7 Å². The maximum absolute atomic E-state index is 12.1. The van der Waals surface area contributed by atoms with Crippen molar-refractivity contribution in [3.63, 3.8) is 0 Å². The Morgan fingerprint density at radius 2 is 1.67 bits per heavy atom. The molecule has 0 radical (unpaired) electrons. The highest BCUT2D eigenvalue weighted by Crippen LogP contribution is 2.30. The molecule has 102 valence electrons. The SMILES string of the molecule is CN1CCN(C(=O)NC2(C(=O)O)CCCC2)CC1. The molecule has 2 aliphatic rings. The minimum absolute atomic E-state index is 0.229. The van der Waals surface area contributed by atoms with Crippen molar-refractivity contribution in [2.45, 2.75) is 31.2 Å². The van der Waals surface area contributed by atoms with Crippen LogP contribution in [0.2, 0.25) is 0 Å². The Kier molecular flexibility index (Phi) is 3.75. The predicted molar refractivity (Wildman–Crippen MR) is 66.4 cm³/mol. The van der Waals surface area contributed by atoms with E-state index in [1.807, 2.05) is 7.05 Å². The summed E-state index contributed by atoms with van der Waals surface area (Å²) in [5, 5.41) is 12.1. The van der Waals surface area contributed by atoms with Crippen LogP contribution in [0.4, 0.5) is 4.79 Å². The molecule has 0 aromatic rings. The molecule has 6 nitrogen and oxygen atoms in total. The molecule has 1 heterocycles. The van der Waals surface area contributed by atoms with Gasteiger partial charge in [0.15, 0.2) is 0 Å². The van der Waals surface area contributed by atoms with Crippen molar-refractivity contribution >= 4 is 12.0 Å². The first-order valence-electron chi connectivity index (χ1n) is 6.52. The van der Waals surface area contributed by atoms with Crippen LogP contribution in [0.25, 0.3) is 0 Å². The Morgan fingerprint density at radius 3 is 2.17 bits per heavy atom. The van der Waals surface area contributed by atoms with Gasteiger partial charge < -0.3 is 20.2 Å². The molecule has 0 bridgehead atoms. The van der Waals surface area contributed by atoms with E-state index in [-0.39, 0.29) is 6.03 Å².